The smallest absolute Gasteiger partial charge is 0.280 e. The summed E-state index contributed by atoms with van der Waals surface area (Å²) >= 11 is 7.41. The number of hydrogen-bond donors (Lipinski definition) is 1. The number of carbonyl (C=O) groups excluding carboxylic acids is 1. The summed E-state index contributed by atoms with van der Waals surface area (Å²) in [5.74, 6) is -0.0923. The fourth-order valence-corrected chi connectivity index (χ4v) is 4.71. The van der Waals surface area contributed by atoms with E-state index in [0.29, 0.717) is 52.1 Å². The summed E-state index contributed by atoms with van der Waals surface area (Å²) in [4.78, 5) is 30.9. The normalized spacial score (nSPS) is 11.2. The minimum Gasteiger partial charge on any atom is -0.325 e. The van der Waals surface area contributed by atoms with E-state index in [-0.39, 0.29) is 17.2 Å². The Morgan fingerprint density at radius 1 is 1.15 bits per heavy atom. The van der Waals surface area contributed by atoms with Crippen LogP contribution in [0.2, 0.25) is 5.02 Å². The van der Waals surface area contributed by atoms with Crippen LogP contribution in [0.3, 0.4) is 0 Å². The number of amides is 1. The monoisotopic (exact) mass is 495 g/mol. The second kappa shape index (κ2) is 10.4. The van der Waals surface area contributed by atoms with Gasteiger partial charge in [-0.1, -0.05) is 59.8 Å². The van der Waals surface area contributed by atoms with Gasteiger partial charge in [0.05, 0.1) is 11.4 Å². The van der Waals surface area contributed by atoms with Crippen LogP contribution >= 0.6 is 23.4 Å². The van der Waals surface area contributed by atoms with E-state index in [1.54, 1.807) is 15.3 Å². The van der Waals surface area contributed by atoms with Crippen LogP contribution in [0, 0.1) is 13.8 Å². The first kappa shape index (κ1) is 24.0. The van der Waals surface area contributed by atoms with Crippen molar-refractivity contribution in [1.29, 1.82) is 0 Å². The van der Waals surface area contributed by atoms with Gasteiger partial charge >= 0.3 is 0 Å². The molecule has 0 spiro atoms. The molecular weight excluding hydrogens is 470 g/mol. The summed E-state index contributed by atoms with van der Waals surface area (Å²) in [6.45, 7) is 6.73. The Balaban J connectivity index is 1.61. The number of hydrogen-bond acceptors (Lipinski definition) is 5. The molecule has 176 valence electrons. The molecule has 2 heterocycles. The molecule has 0 saturated heterocycles. The summed E-state index contributed by atoms with van der Waals surface area (Å²) in [5.41, 5.74) is 4.33. The first-order valence-corrected chi connectivity index (χ1v) is 12.4. The molecule has 9 heteroatoms. The van der Waals surface area contributed by atoms with Gasteiger partial charge in [0.1, 0.15) is 5.52 Å². The van der Waals surface area contributed by atoms with Crippen molar-refractivity contribution in [3.63, 3.8) is 0 Å². The van der Waals surface area contributed by atoms with Crippen molar-refractivity contribution in [1.82, 2.24) is 19.3 Å². The van der Waals surface area contributed by atoms with Gasteiger partial charge in [0.15, 0.2) is 10.7 Å². The molecule has 4 aromatic rings. The van der Waals surface area contributed by atoms with Crippen LogP contribution in [0.5, 0.6) is 0 Å². The number of fused-ring (bicyclic) bond motifs is 1. The summed E-state index contributed by atoms with van der Waals surface area (Å²) in [7, 11) is 0. The van der Waals surface area contributed by atoms with Crippen molar-refractivity contribution in [2.75, 3.05) is 11.1 Å². The Bertz CT molecular complexity index is 1400. The van der Waals surface area contributed by atoms with Crippen molar-refractivity contribution in [3.05, 3.63) is 80.7 Å². The SMILES string of the molecule is CCn1nc(C)c2nc(SCC(=O)Nc3ccc(C)c(Cl)c3)n(CCc3ccccc3)c(=O)c21. The predicted octanol–water partition coefficient (Wildman–Crippen LogP) is 4.86. The summed E-state index contributed by atoms with van der Waals surface area (Å²) in [6, 6.07) is 15.4. The van der Waals surface area contributed by atoms with Crippen LogP contribution in [0.4, 0.5) is 5.69 Å². The Labute approximate surface area is 207 Å². The van der Waals surface area contributed by atoms with E-state index in [9.17, 15) is 9.59 Å². The molecule has 0 atom stereocenters. The quantitative estimate of drug-likeness (QED) is 0.279. The van der Waals surface area contributed by atoms with Crippen LogP contribution in [0.25, 0.3) is 11.0 Å². The maximum Gasteiger partial charge on any atom is 0.280 e. The zero-order valence-corrected chi connectivity index (χ0v) is 20.9. The second-order valence-electron chi connectivity index (χ2n) is 7.99. The maximum absolute atomic E-state index is 13.5. The largest absolute Gasteiger partial charge is 0.325 e. The molecule has 7 nitrogen and oxygen atoms in total. The highest BCUT2D eigenvalue weighted by atomic mass is 35.5. The van der Waals surface area contributed by atoms with Gasteiger partial charge in [-0.05, 0) is 50.5 Å². The minimum atomic E-state index is -0.199. The molecule has 0 aliphatic carbocycles. The van der Waals surface area contributed by atoms with Crippen LogP contribution in [-0.4, -0.2) is 31.0 Å². The number of halogens is 1. The highest BCUT2D eigenvalue weighted by Gasteiger charge is 2.19. The van der Waals surface area contributed by atoms with Crippen LogP contribution in [-0.2, 0) is 24.3 Å². The molecule has 0 saturated carbocycles. The molecule has 0 aliphatic rings. The minimum absolute atomic E-state index is 0.107. The van der Waals surface area contributed by atoms with E-state index >= 15 is 0 Å². The Morgan fingerprint density at radius 3 is 2.62 bits per heavy atom. The molecule has 2 aromatic heterocycles. The number of nitrogens with one attached hydrogen (secondary N) is 1. The molecule has 0 bridgehead atoms. The van der Waals surface area contributed by atoms with Crippen LogP contribution in [0.15, 0.2) is 58.5 Å². The van der Waals surface area contributed by atoms with Gasteiger partial charge in [-0.15, -0.1) is 0 Å². The van der Waals surface area contributed by atoms with Crippen molar-refractivity contribution in [2.45, 2.75) is 45.4 Å². The van der Waals surface area contributed by atoms with Gasteiger partial charge in [0.25, 0.3) is 5.56 Å². The molecule has 2 aromatic carbocycles. The second-order valence-corrected chi connectivity index (χ2v) is 9.34. The molecule has 0 aliphatic heterocycles. The third-order valence-corrected chi connectivity index (χ3v) is 6.92. The van der Waals surface area contributed by atoms with Gasteiger partial charge in [-0.2, -0.15) is 5.10 Å². The Hall–Kier alpha value is -3.10. The summed E-state index contributed by atoms with van der Waals surface area (Å²) in [5, 5.41) is 8.43. The van der Waals surface area contributed by atoms with E-state index in [1.165, 1.54) is 11.8 Å². The lowest BCUT2D eigenvalue weighted by molar-refractivity contribution is -0.113. The lowest BCUT2D eigenvalue weighted by atomic mass is 10.1. The fraction of sp³-hybridized carbons (Fsp3) is 0.280. The first-order chi connectivity index (χ1) is 16.4. The molecule has 1 N–H and O–H groups in total. The zero-order valence-electron chi connectivity index (χ0n) is 19.3. The number of aromatic nitrogens is 4. The van der Waals surface area contributed by atoms with Crippen LogP contribution in [0.1, 0.15) is 23.7 Å². The van der Waals surface area contributed by atoms with Crippen molar-refractivity contribution >= 4 is 46.0 Å². The highest BCUT2D eigenvalue weighted by Crippen LogP contribution is 2.23. The predicted molar refractivity (Wildman–Crippen MR) is 138 cm³/mol. The maximum atomic E-state index is 13.5. The summed E-state index contributed by atoms with van der Waals surface area (Å²) < 4.78 is 3.35. The average Bonchev–Trinajstić information content (AvgIpc) is 3.16. The van der Waals surface area contributed by atoms with Gasteiger partial charge in [0, 0.05) is 23.8 Å². The van der Waals surface area contributed by atoms with Gasteiger partial charge < -0.3 is 5.32 Å². The molecule has 0 radical (unpaired) electrons. The molecule has 4 rings (SSSR count). The van der Waals surface area contributed by atoms with Gasteiger partial charge in [-0.3, -0.25) is 18.8 Å². The Kier molecular flexibility index (Phi) is 7.38. The highest BCUT2D eigenvalue weighted by molar-refractivity contribution is 7.99. The van der Waals surface area contributed by atoms with Crippen molar-refractivity contribution < 1.29 is 4.79 Å². The third kappa shape index (κ3) is 5.18. The number of carbonyl (C=O) groups is 1. The van der Waals surface area contributed by atoms with E-state index in [4.69, 9.17) is 16.6 Å². The number of rotatable bonds is 8. The van der Waals surface area contributed by atoms with E-state index in [2.05, 4.69) is 10.4 Å². The molecule has 0 unspecified atom stereocenters. The Morgan fingerprint density at radius 2 is 1.91 bits per heavy atom. The molecule has 0 fully saturated rings. The third-order valence-electron chi connectivity index (χ3n) is 5.54. The molecule has 1 amide bonds. The molecular formula is C25H26ClN5O2S. The number of thioether (sulfide) groups is 1. The lowest BCUT2D eigenvalue weighted by Crippen LogP contribution is -2.26. The fourth-order valence-electron chi connectivity index (χ4n) is 3.71. The van der Waals surface area contributed by atoms with E-state index < -0.39 is 0 Å². The zero-order chi connectivity index (χ0) is 24.2. The topological polar surface area (TPSA) is 81.8 Å². The number of aryl methyl sites for hydroxylation is 4. The van der Waals surface area contributed by atoms with Gasteiger partial charge in [-0.25, -0.2) is 4.98 Å². The standard InChI is InChI=1S/C25H26ClN5O2S/c1-4-31-23-22(17(3)29-31)28-25(30(24(23)33)13-12-18-8-6-5-7-9-18)34-15-21(32)27-19-11-10-16(2)20(26)14-19/h5-11,14H,4,12-13,15H2,1-3H3,(H,27,32). The van der Waals surface area contributed by atoms with Gasteiger partial charge in [0.2, 0.25) is 5.91 Å². The first-order valence-electron chi connectivity index (χ1n) is 11.1. The number of nitrogens with zero attached hydrogens (tertiary/aromatic N) is 4. The number of anilines is 1. The average molecular weight is 496 g/mol. The lowest BCUT2D eigenvalue weighted by Gasteiger charge is -2.13. The van der Waals surface area contributed by atoms with Crippen molar-refractivity contribution in [3.8, 4) is 0 Å². The van der Waals surface area contributed by atoms with E-state index in [0.717, 1.165) is 11.1 Å². The molecule has 34 heavy (non-hydrogen) atoms. The number of benzene rings is 2. The van der Waals surface area contributed by atoms with E-state index in [1.807, 2.05) is 63.2 Å². The van der Waals surface area contributed by atoms with Crippen LogP contribution < -0.4 is 10.9 Å². The summed E-state index contributed by atoms with van der Waals surface area (Å²) in [6.07, 6.45) is 0.675. The van der Waals surface area contributed by atoms with Crippen molar-refractivity contribution in [2.24, 2.45) is 0 Å².